The van der Waals surface area contributed by atoms with E-state index in [1.807, 2.05) is 0 Å². The van der Waals surface area contributed by atoms with E-state index in [2.05, 4.69) is 4.98 Å². The van der Waals surface area contributed by atoms with Gasteiger partial charge in [-0.05, 0) is 0 Å². The van der Waals surface area contributed by atoms with Gasteiger partial charge in [0, 0.05) is 5.38 Å². The molecule has 1 heterocycles. The molecule has 0 unspecified atom stereocenters. The number of thiazole rings is 1. The molecule has 9 heteroatoms. The second-order valence-electron chi connectivity index (χ2n) is 2.73. The highest BCUT2D eigenvalue weighted by atomic mass is 32.1. The molecule has 0 aromatic carbocycles. The molecule has 16 heavy (non-hydrogen) atoms. The molecule has 0 saturated heterocycles. The van der Waals surface area contributed by atoms with Crippen molar-refractivity contribution in [3.05, 3.63) is 16.6 Å². The number of nitrogens with zero attached hydrogens (tertiary/aromatic N) is 1. The second kappa shape index (κ2) is 4.32. The van der Waals surface area contributed by atoms with Crippen molar-refractivity contribution in [1.82, 2.24) is 10.3 Å². The molecular weight excluding hydrogens is 255 g/mol. The summed E-state index contributed by atoms with van der Waals surface area (Å²) in [7, 11) is 0. The summed E-state index contributed by atoms with van der Waals surface area (Å²) in [5.41, 5.74) is 1.58. The summed E-state index contributed by atoms with van der Waals surface area (Å²) in [5.74, 6) is -7.77. The average molecular weight is 260 g/mol. The van der Waals surface area contributed by atoms with E-state index in [1.54, 1.807) is 0 Å². The standard InChI is InChI=1S/C7H5F5N2OS/c8-6(9,7(10,11)12)5(15)13-1-4-2-16-3-14-4/h2-3H,1H2,(H,13,15). The fourth-order valence-electron chi connectivity index (χ4n) is 0.735. The van der Waals surface area contributed by atoms with Crippen LogP contribution in [0.4, 0.5) is 22.0 Å². The predicted molar refractivity (Wildman–Crippen MR) is 45.0 cm³/mol. The summed E-state index contributed by atoms with van der Waals surface area (Å²) in [5, 5.41) is 2.89. The Labute approximate surface area is 90.3 Å². The number of carbonyl (C=O) groups excluding carboxylic acids is 1. The van der Waals surface area contributed by atoms with Crippen molar-refractivity contribution in [2.75, 3.05) is 0 Å². The summed E-state index contributed by atoms with van der Waals surface area (Å²) in [4.78, 5) is 14.2. The van der Waals surface area contributed by atoms with E-state index in [9.17, 15) is 26.7 Å². The van der Waals surface area contributed by atoms with E-state index in [-0.39, 0.29) is 5.69 Å². The number of carbonyl (C=O) groups is 1. The molecule has 0 saturated carbocycles. The molecule has 0 aliphatic heterocycles. The van der Waals surface area contributed by atoms with Crippen molar-refractivity contribution in [3.8, 4) is 0 Å². The minimum Gasteiger partial charge on any atom is -0.345 e. The highest BCUT2D eigenvalue weighted by Crippen LogP contribution is 2.35. The van der Waals surface area contributed by atoms with Crippen LogP contribution in [0.3, 0.4) is 0 Å². The lowest BCUT2D eigenvalue weighted by Crippen LogP contribution is -2.50. The van der Waals surface area contributed by atoms with Crippen LogP contribution in [0.15, 0.2) is 10.9 Å². The van der Waals surface area contributed by atoms with Crippen LogP contribution in [-0.2, 0) is 11.3 Å². The van der Waals surface area contributed by atoms with Crippen LogP contribution in [-0.4, -0.2) is 23.0 Å². The number of aromatic nitrogens is 1. The normalized spacial score (nSPS) is 12.6. The zero-order valence-corrected chi connectivity index (χ0v) is 8.33. The van der Waals surface area contributed by atoms with Crippen LogP contribution >= 0.6 is 11.3 Å². The molecule has 0 fully saturated rings. The zero-order chi connectivity index (χ0) is 12.4. The van der Waals surface area contributed by atoms with Crippen LogP contribution in [0.2, 0.25) is 0 Å². The van der Waals surface area contributed by atoms with Gasteiger partial charge in [0.25, 0.3) is 0 Å². The van der Waals surface area contributed by atoms with E-state index in [0.29, 0.717) is 0 Å². The van der Waals surface area contributed by atoms with Crippen LogP contribution in [0.5, 0.6) is 0 Å². The smallest absolute Gasteiger partial charge is 0.345 e. The van der Waals surface area contributed by atoms with Crippen LogP contribution in [0, 0.1) is 0 Å². The molecule has 0 spiro atoms. The largest absolute Gasteiger partial charge is 0.463 e. The highest BCUT2D eigenvalue weighted by molar-refractivity contribution is 7.07. The van der Waals surface area contributed by atoms with Crippen molar-refractivity contribution in [1.29, 1.82) is 0 Å². The van der Waals surface area contributed by atoms with Crippen molar-refractivity contribution < 1.29 is 26.7 Å². The molecule has 0 atom stereocenters. The van der Waals surface area contributed by atoms with Gasteiger partial charge in [-0.3, -0.25) is 4.79 Å². The Hall–Kier alpha value is -1.25. The molecule has 3 nitrogen and oxygen atoms in total. The van der Waals surface area contributed by atoms with E-state index in [1.165, 1.54) is 16.2 Å². The molecule has 1 N–H and O–H groups in total. The number of alkyl halides is 5. The lowest BCUT2D eigenvalue weighted by atomic mass is 10.3. The molecule has 90 valence electrons. The van der Waals surface area contributed by atoms with Gasteiger partial charge in [0.05, 0.1) is 17.7 Å². The van der Waals surface area contributed by atoms with E-state index >= 15 is 0 Å². The van der Waals surface area contributed by atoms with Gasteiger partial charge >= 0.3 is 18.0 Å². The molecule has 0 aliphatic carbocycles. The maximum Gasteiger partial charge on any atom is 0.463 e. The molecule has 1 aromatic heterocycles. The summed E-state index contributed by atoms with van der Waals surface area (Å²) in [6.45, 7) is -0.464. The number of amides is 1. The Bertz CT molecular complexity index is 361. The zero-order valence-electron chi connectivity index (χ0n) is 7.52. The van der Waals surface area contributed by atoms with Crippen molar-refractivity contribution in [3.63, 3.8) is 0 Å². The van der Waals surface area contributed by atoms with Gasteiger partial charge in [0.15, 0.2) is 0 Å². The first-order valence-corrected chi connectivity index (χ1v) is 4.79. The van der Waals surface area contributed by atoms with Gasteiger partial charge in [-0.25, -0.2) is 4.98 Å². The number of rotatable bonds is 3. The Morgan fingerprint density at radius 2 is 2.00 bits per heavy atom. The number of hydrogen-bond donors (Lipinski definition) is 1. The van der Waals surface area contributed by atoms with Gasteiger partial charge in [-0.2, -0.15) is 22.0 Å². The van der Waals surface area contributed by atoms with Gasteiger partial charge in [0.1, 0.15) is 0 Å². The first-order chi connectivity index (χ1) is 7.25. The maximum absolute atomic E-state index is 12.4. The van der Waals surface area contributed by atoms with Gasteiger partial charge in [-0.1, -0.05) is 0 Å². The molecular formula is C7H5F5N2OS. The number of hydrogen-bond acceptors (Lipinski definition) is 3. The molecule has 1 aromatic rings. The molecule has 0 aliphatic rings. The Morgan fingerprint density at radius 1 is 1.38 bits per heavy atom. The molecule has 0 radical (unpaired) electrons. The quantitative estimate of drug-likeness (QED) is 0.844. The first-order valence-electron chi connectivity index (χ1n) is 3.85. The minimum absolute atomic E-state index is 0.219. The lowest BCUT2D eigenvalue weighted by molar-refractivity contribution is -0.269. The summed E-state index contributed by atoms with van der Waals surface area (Å²) in [6.07, 6.45) is -5.89. The SMILES string of the molecule is O=C(NCc1cscn1)C(F)(F)C(F)(F)F. The Balaban J connectivity index is 2.59. The fraction of sp³-hybridized carbons (Fsp3) is 0.429. The second-order valence-corrected chi connectivity index (χ2v) is 3.45. The fourth-order valence-corrected chi connectivity index (χ4v) is 1.29. The minimum atomic E-state index is -5.89. The van der Waals surface area contributed by atoms with E-state index in [4.69, 9.17) is 0 Å². The number of nitrogens with one attached hydrogen (secondary N) is 1. The van der Waals surface area contributed by atoms with Crippen molar-refractivity contribution >= 4 is 17.2 Å². The highest BCUT2D eigenvalue weighted by Gasteiger charge is 2.63. The molecule has 1 amide bonds. The van der Waals surface area contributed by atoms with E-state index < -0.39 is 24.6 Å². The van der Waals surface area contributed by atoms with Crippen LogP contribution in [0.25, 0.3) is 0 Å². The predicted octanol–water partition coefficient (Wildman–Crippen LogP) is 1.96. The van der Waals surface area contributed by atoms with Gasteiger partial charge in [0.2, 0.25) is 0 Å². The molecule has 1 rings (SSSR count). The monoisotopic (exact) mass is 260 g/mol. The third kappa shape index (κ3) is 2.65. The van der Waals surface area contributed by atoms with Gasteiger partial charge in [-0.15, -0.1) is 11.3 Å². The summed E-state index contributed by atoms with van der Waals surface area (Å²) in [6, 6.07) is 0. The average Bonchev–Trinajstić information content (AvgIpc) is 2.64. The van der Waals surface area contributed by atoms with Crippen LogP contribution in [0.1, 0.15) is 5.69 Å². The first kappa shape index (κ1) is 12.8. The summed E-state index contributed by atoms with van der Waals surface area (Å²) >= 11 is 1.13. The van der Waals surface area contributed by atoms with Crippen LogP contribution < -0.4 is 5.32 Å². The Morgan fingerprint density at radius 3 is 2.44 bits per heavy atom. The van der Waals surface area contributed by atoms with Gasteiger partial charge < -0.3 is 5.32 Å². The lowest BCUT2D eigenvalue weighted by Gasteiger charge is -2.18. The third-order valence-corrected chi connectivity index (χ3v) is 2.19. The molecule has 0 bridgehead atoms. The van der Waals surface area contributed by atoms with Crippen molar-refractivity contribution in [2.24, 2.45) is 0 Å². The summed E-state index contributed by atoms with van der Waals surface area (Å²) < 4.78 is 60.0. The third-order valence-electron chi connectivity index (χ3n) is 1.55. The topological polar surface area (TPSA) is 42.0 Å². The number of halogens is 5. The maximum atomic E-state index is 12.4. The Kier molecular flexibility index (Phi) is 3.46. The van der Waals surface area contributed by atoms with Crippen molar-refractivity contribution in [2.45, 2.75) is 18.6 Å². The van der Waals surface area contributed by atoms with E-state index in [0.717, 1.165) is 11.3 Å².